The van der Waals surface area contributed by atoms with Gasteiger partial charge in [0, 0.05) is 16.1 Å². The SMILES string of the molecule is COc1ccccc1NC(=O)c1ccc(NC(=O)CNC(=O)C(=O)NCc2cccs2)cc1. The summed E-state index contributed by atoms with van der Waals surface area (Å²) in [7, 11) is 1.52. The van der Waals surface area contributed by atoms with E-state index in [1.165, 1.54) is 18.4 Å². The Bertz CT molecular complexity index is 1130. The highest BCUT2D eigenvalue weighted by molar-refractivity contribution is 7.09. The molecular formula is C23H22N4O5S. The van der Waals surface area contributed by atoms with Crippen molar-refractivity contribution in [3.63, 3.8) is 0 Å². The molecule has 0 aliphatic heterocycles. The normalized spacial score (nSPS) is 10.1. The molecule has 0 saturated carbocycles. The molecule has 0 aliphatic carbocycles. The number of anilines is 2. The van der Waals surface area contributed by atoms with Crippen molar-refractivity contribution in [2.75, 3.05) is 24.3 Å². The van der Waals surface area contributed by atoms with E-state index in [4.69, 9.17) is 4.74 Å². The molecule has 0 spiro atoms. The van der Waals surface area contributed by atoms with Crippen LogP contribution >= 0.6 is 11.3 Å². The van der Waals surface area contributed by atoms with Crippen molar-refractivity contribution in [3.8, 4) is 5.75 Å². The van der Waals surface area contributed by atoms with E-state index in [2.05, 4.69) is 21.3 Å². The third-order valence-corrected chi connectivity index (χ3v) is 5.28. The Morgan fingerprint density at radius 1 is 0.848 bits per heavy atom. The molecule has 3 rings (SSSR count). The van der Waals surface area contributed by atoms with Gasteiger partial charge < -0.3 is 26.0 Å². The molecule has 0 bridgehead atoms. The summed E-state index contributed by atoms with van der Waals surface area (Å²) in [5.74, 6) is -2.03. The molecule has 4 N–H and O–H groups in total. The topological polar surface area (TPSA) is 126 Å². The van der Waals surface area contributed by atoms with Crippen molar-refractivity contribution in [3.05, 3.63) is 76.5 Å². The lowest BCUT2D eigenvalue weighted by Crippen LogP contribution is -2.42. The van der Waals surface area contributed by atoms with Gasteiger partial charge in [0.1, 0.15) is 5.75 Å². The second kappa shape index (κ2) is 11.4. The van der Waals surface area contributed by atoms with Gasteiger partial charge in [-0.3, -0.25) is 19.2 Å². The van der Waals surface area contributed by atoms with Gasteiger partial charge in [-0.05, 0) is 47.8 Å². The number of methoxy groups -OCH3 is 1. The predicted molar refractivity (Wildman–Crippen MR) is 125 cm³/mol. The van der Waals surface area contributed by atoms with Crippen LogP contribution in [0.1, 0.15) is 15.2 Å². The molecule has 0 fully saturated rings. The zero-order valence-corrected chi connectivity index (χ0v) is 18.5. The van der Waals surface area contributed by atoms with Crippen LogP contribution in [0.5, 0.6) is 5.75 Å². The molecule has 0 saturated heterocycles. The maximum Gasteiger partial charge on any atom is 0.309 e. The van der Waals surface area contributed by atoms with Crippen molar-refractivity contribution in [2.45, 2.75) is 6.54 Å². The molecule has 0 radical (unpaired) electrons. The summed E-state index contributed by atoms with van der Waals surface area (Å²) in [6.07, 6.45) is 0. The second-order valence-corrected chi connectivity index (χ2v) is 7.76. The van der Waals surface area contributed by atoms with Gasteiger partial charge in [-0.25, -0.2) is 0 Å². The summed E-state index contributed by atoms with van der Waals surface area (Å²) in [5, 5.41) is 12.0. The van der Waals surface area contributed by atoms with E-state index in [0.717, 1.165) is 4.88 Å². The first kappa shape index (κ1) is 23.5. The maximum atomic E-state index is 12.4. The van der Waals surface area contributed by atoms with Crippen LogP contribution in [0.15, 0.2) is 66.0 Å². The zero-order valence-electron chi connectivity index (χ0n) is 17.7. The Hall–Kier alpha value is -4.18. The van der Waals surface area contributed by atoms with Crippen molar-refractivity contribution < 1.29 is 23.9 Å². The number of ether oxygens (including phenoxy) is 1. The van der Waals surface area contributed by atoms with Gasteiger partial charge in [0.25, 0.3) is 5.91 Å². The van der Waals surface area contributed by atoms with Crippen LogP contribution in [-0.4, -0.2) is 37.3 Å². The molecule has 33 heavy (non-hydrogen) atoms. The number of amides is 4. The molecule has 1 heterocycles. The first-order valence-corrected chi connectivity index (χ1v) is 10.8. The van der Waals surface area contributed by atoms with Gasteiger partial charge in [0.05, 0.1) is 25.9 Å². The highest BCUT2D eigenvalue weighted by Crippen LogP contribution is 2.23. The number of rotatable bonds is 8. The Balaban J connectivity index is 1.45. The summed E-state index contributed by atoms with van der Waals surface area (Å²) in [6, 6.07) is 16.9. The van der Waals surface area contributed by atoms with Crippen molar-refractivity contribution >= 4 is 46.3 Å². The van der Waals surface area contributed by atoms with Gasteiger partial charge in [0.2, 0.25) is 5.91 Å². The lowest BCUT2D eigenvalue weighted by molar-refractivity contribution is -0.139. The highest BCUT2D eigenvalue weighted by atomic mass is 32.1. The number of benzene rings is 2. The molecule has 9 nitrogen and oxygen atoms in total. The summed E-state index contributed by atoms with van der Waals surface area (Å²) in [4.78, 5) is 49.0. The number of nitrogens with one attached hydrogen (secondary N) is 4. The molecule has 0 atom stereocenters. The number of para-hydroxylation sites is 2. The Morgan fingerprint density at radius 2 is 1.58 bits per heavy atom. The number of carbonyl (C=O) groups excluding carboxylic acids is 4. The van der Waals surface area contributed by atoms with Gasteiger partial charge in [0.15, 0.2) is 0 Å². The van der Waals surface area contributed by atoms with E-state index in [-0.39, 0.29) is 19.0 Å². The number of hydrogen-bond donors (Lipinski definition) is 4. The van der Waals surface area contributed by atoms with E-state index < -0.39 is 17.7 Å². The second-order valence-electron chi connectivity index (χ2n) is 6.72. The largest absolute Gasteiger partial charge is 0.495 e. The first-order chi connectivity index (χ1) is 16.0. The van der Waals surface area contributed by atoms with E-state index in [1.807, 2.05) is 17.5 Å². The molecular weight excluding hydrogens is 444 g/mol. The minimum absolute atomic E-state index is 0.243. The van der Waals surface area contributed by atoms with Gasteiger partial charge in [-0.1, -0.05) is 18.2 Å². The molecule has 10 heteroatoms. The third kappa shape index (κ3) is 6.91. The van der Waals surface area contributed by atoms with E-state index >= 15 is 0 Å². The van der Waals surface area contributed by atoms with E-state index in [0.29, 0.717) is 22.7 Å². The molecule has 2 aromatic carbocycles. The monoisotopic (exact) mass is 466 g/mol. The van der Waals surface area contributed by atoms with Crippen molar-refractivity contribution in [2.24, 2.45) is 0 Å². The molecule has 170 valence electrons. The van der Waals surface area contributed by atoms with Gasteiger partial charge in [-0.15, -0.1) is 11.3 Å². The van der Waals surface area contributed by atoms with Crippen LogP contribution in [0.25, 0.3) is 0 Å². The number of hydrogen-bond acceptors (Lipinski definition) is 6. The minimum atomic E-state index is -0.898. The van der Waals surface area contributed by atoms with Crippen molar-refractivity contribution in [1.82, 2.24) is 10.6 Å². The highest BCUT2D eigenvalue weighted by Gasteiger charge is 2.15. The lowest BCUT2D eigenvalue weighted by Gasteiger charge is -2.10. The van der Waals surface area contributed by atoms with Crippen LogP contribution in [0.4, 0.5) is 11.4 Å². The Kier molecular flexibility index (Phi) is 8.14. The summed E-state index contributed by atoms with van der Waals surface area (Å²) < 4.78 is 5.21. The van der Waals surface area contributed by atoms with Gasteiger partial charge in [-0.2, -0.15) is 0 Å². The fourth-order valence-corrected chi connectivity index (χ4v) is 3.40. The standard InChI is InChI=1S/C23H22N4O5S/c1-32-19-7-3-2-6-18(19)27-21(29)15-8-10-16(11-9-15)26-20(28)14-25-23(31)22(30)24-13-17-5-4-12-33-17/h2-12H,13-14H2,1H3,(H,24,30)(H,25,31)(H,26,28)(H,27,29). The predicted octanol–water partition coefficient (Wildman–Crippen LogP) is 2.38. The molecule has 3 aromatic rings. The van der Waals surface area contributed by atoms with Gasteiger partial charge >= 0.3 is 11.8 Å². The fraction of sp³-hybridized carbons (Fsp3) is 0.130. The zero-order chi connectivity index (χ0) is 23.6. The molecule has 4 amide bonds. The molecule has 0 aliphatic rings. The first-order valence-electron chi connectivity index (χ1n) is 9.89. The van der Waals surface area contributed by atoms with Crippen LogP contribution in [-0.2, 0) is 20.9 Å². The summed E-state index contributed by atoms with van der Waals surface area (Å²) >= 11 is 1.46. The van der Waals surface area contributed by atoms with E-state index in [9.17, 15) is 19.2 Å². The minimum Gasteiger partial charge on any atom is -0.495 e. The smallest absolute Gasteiger partial charge is 0.309 e. The van der Waals surface area contributed by atoms with Crippen LogP contribution in [0.3, 0.4) is 0 Å². The Labute approximate surface area is 194 Å². The maximum absolute atomic E-state index is 12.4. The third-order valence-electron chi connectivity index (χ3n) is 4.41. The quantitative estimate of drug-likeness (QED) is 0.379. The Morgan fingerprint density at radius 3 is 2.27 bits per heavy atom. The fourth-order valence-electron chi connectivity index (χ4n) is 2.75. The van der Waals surface area contributed by atoms with Crippen LogP contribution < -0.4 is 26.0 Å². The average Bonchev–Trinajstić information content (AvgIpc) is 3.35. The molecule has 0 unspecified atom stereocenters. The van der Waals surface area contributed by atoms with E-state index in [1.54, 1.807) is 48.5 Å². The van der Waals surface area contributed by atoms with Crippen LogP contribution in [0, 0.1) is 0 Å². The summed E-state index contributed by atoms with van der Waals surface area (Å²) in [5.41, 5.74) is 1.36. The van der Waals surface area contributed by atoms with Crippen molar-refractivity contribution in [1.29, 1.82) is 0 Å². The average molecular weight is 467 g/mol. The number of thiophene rings is 1. The van der Waals surface area contributed by atoms with Crippen LogP contribution in [0.2, 0.25) is 0 Å². The molecule has 1 aromatic heterocycles. The summed E-state index contributed by atoms with van der Waals surface area (Å²) in [6.45, 7) is -0.131. The number of carbonyl (C=O) groups is 4. The lowest BCUT2D eigenvalue weighted by atomic mass is 10.2.